The van der Waals surface area contributed by atoms with Crippen LogP contribution in [0.2, 0.25) is 0 Å². The fourth-order valence-corrected chi connectivity index (χ4v) is 3.99. The summed E-state index contributed by atoms with van der Waals surface area (Å²) < 4.78 is 0. The second kappa shape index (κ2) is 11.0. The highest BCUT2D eigenvalue weighted by Gasteiger charge is 2.21. The van der Waals surface area contributed by atoms with Crippen molar-refractivity contribution < 1.29 is 0 Å². The summed E-state index contributed by atoms with van der Waals surface area (Å²) in [5, 5.41) is 6.90. The Morgan fingerprint density at radius 3 is 2.12 bits per heavy atom. The van der Waals surface area contributed by atoms with E-state index in [0.717, 1.165) is 49.8 Å². The topological polar surface area (TPSA) is 68.7 Å². The maximum atomic E-state index is 5.54. The molecule has 0 amide bonds. The first-order chi connectivity index (χ1) is 16.0. The molecule has 8 heteroatoms. The molecule has 2 heterocycles. The Morgan fingerprint density at radius 1 is 0.879 bits per heavy atom. The Kier molecular flexibility index (Phi) is 7.59. The zero-order valence-electron chi connectivity index (χ0n) is 19.0. The van der Waals surface area contributed by atoms with E-state index < -0.39 is 0 Å². The molecule has 0 radical (unpaired) electrons. The monoisotopic (exact) mass is 459 g/mol. The second-order valence-electron chi connectivity index (χ2n) is 8.08. The summed E-state index contributed by atoms with van der Waals surface area (Å²) in [6, 6.07) is 22.3. The molecular weight excluding hydrogens is 430 g/mol. The number of aryl methyl sites for hydroxylation is 2. The van der Waals surface area contributed by atoms with Crippen molar-refractivity contribution in [1.29, 1.82) is 0 Å². The first kappa shape index (κ1) is 22.8. The van der Waals surface area contributed by atoms with Crippen LogP contribution in [0.25, 0.3) is 0 Å². The Balaban J connectivity index is 1.48. The fraction of sp³-hybridized carbons (Fsp3) is 0.280. The zero-order chi connectivity index (χ0) is 23.0. The number of aliphatic imine (C=N–C) groups is 1. The maximum absolute atomic E-state index is 5.54. The van der Waals surface area contributed by atoms with Gasteiger partial charge in [0.1, 0.15) is 0 Å². The van der Waals surface area contributed by atoms with Crippen LogP contribution in [0.15, 0.2) is 71.7 Å². The van der Waals surface area contributed by atoms with E-state index >= 15 is 0 Å². The van der Waals surface area contributed by atoms with E-state index in [0.29, 0.717) is 17.0 Å². The minimum absolute atomic E-state index is 0.389. The van der Waals surface area contributed by atoms with E-state index in [1.807, 2.05) is 50.2 Å². The molecule has 0 saturated carbocycles. The number of nitrogens with one attached hydrogen (secondary N) is 2. The van der Waals surface area contributed by atoms with Crippen LogP contribution in [0.5, 0.6) is 0 Å². The van der Waals surface area contributed by atoms with Gasteiger partial charge in [0.25, 0.3) is 0 Å². The summed E-state index contributed by atoms with van der Waals surface area (Å²) in [6.07, 6.45) is 0. The van der Waals surface area contributed by atoms with Gasteiger partial charge in [0.2, 0.25) is 17.0 Å². The van der Waals surface area contributed by atoms with Crippen molar-refractivity contribution in [2.24, 2.45) is 4.99 Å². The van der Waals surface area contributed by atoms with E-state index in [9.17, 15) is 0 Å². The van der Waals surface area contributed by atoms with Crippen LogP contribution >= 0.6 is 12.2 Å². The van der Waals surface area contributed by atoms with Crippen LogP contribution in [-0.4, -0.2) is 57.0 Å². The molecule has 1 saturated heterocycles. The van der Waals surface area contributed by atoms with Crippen molar-refractivity contribution in [1.82, 2.24) is 19.8 Å². The average molecular weight is 460 g/mol. The number of thiocarbonyl (C=S) groups is 1. The summed E-state index contributed by atoms with van der Waals surface area (Å²) in [6.45, 7) is 8.39. The van der Waals surface area contributed by atoms with Crippen LogP contribution < -0.4 is 10.6 Å². The number of piperazine rings is 1. The van der Waals surface area contributed by atoms with Crippen molar-refractivity contribution in [2.75, 3.05) is 36.8 Å². The molecule has 7 nitrogen and oxygen atoms in total. The Bertz CT molecular complexity index is 1070. The number of anilines is 2. The van der Waals surface area contributed by atoms with Gasteiger partial charge >= 0.3 is 0 Å². The molecule has 2 aromatic carbocycles. The fourth-order valence-electron chi connectivity index (χ4n) is 3.79. The SMILES string of the molecule is Cc1cc(C)nc(N/C(=N/C(=S)Nc2ccccc2)N2CCN(Cc3ccccc3)CC2)n1. The predicted octanol–water partition coefficient (Wildman–Crippen LogP) is 4.08. The molecule has 0 bridgehead atoms. The number of hydrogen-bond acceptors (Lipinski definition) is 4. The summed E-state index contributed by atoms with van der Waals surface area (Å²) >= 11 is 5.54. The third kappa shape index (κ3) is 6.81. The standard InChI is InChI=1S/C25H29N7S/c1-19-17-20(2)27-23(26-19)29-24(30-25(33)28-22-11-7-4-8-12-22)32-15-13-31(14-16-32)18-21-9-5-3-6-10-21/h3-12,17H,13-16,18H2,1-2H3,(H2,26,27,28,29,30,33). The lowest BCUT2D eigenvalue weighted by atomic mass is 10.2. The lowest BCUT2D eigenvalue weighted by molar-refractivity contribution is 0.175. The van der Waals surface area contributed by atoms with Gasteiger partial charge in [0.05, 0.1) is 0 Å². The number of benzene rings is 2. The van der Waals surface area contributed by atoms with E-state index in [-0.39, 0.29) is 0 Å². The number of para-hydroxylation sites is 1. The smallest absolute Gasteiger partial charge is 0.229 e. The number of hydrogen-bond donors (Lipinski definition) is 2. The average Bonchev–Trinajstić information content (AvgIpc) is 2.80. The van der Waals surface area contributed by atoms with Gasteiger partial charge in [-0.25, -0.2) is 9.97 Å². The molecule has 0 unspecified atom stereocenters. The van der Waals surface area contributed by atoms with E-state index in [2.05, 4.69) is 60.7 Å². The quantitative estimate of drug-likeness (QED) is 0.346. The highest BCUT2D eigenvalue weighted by Crippen LogP contribution is 2.12. The van der Waals surface area contributed by atoms with Crippen molar-refractivity contribution in [3.8, 4) is 0 Å². The molecule has 33 heavy (non-hydrogen) atoms. The molecule has 1 aliphatic heterocycles. The normalized spacial score (nSPS) is 14.7. The van der Waals surface area contributed by atoms with Gasteiger partial charge in [-0.3, -0.25) is 10.2 Å². The van der Waals surface area contributed by atoms with Gasteiger partial charge in [-0.1, -0.05) is 48.5 Å². The van der Waals surface area contributed by atoms with Gasteiger partial charge in [0.15, 0.2) is 0 Å². The third-order valence-electron chi connectivity index (χ3n) is 5.36. The molecule has 0 atom stereocenters. The minimum atomic E-state index is 0.389. The first-order valence-electron chi connectivity index (χ1n) is 11.1. The summed E-state index contributed by atoms with van der Waals surface area (Å²) in [7, 11) is 0. The van der Waals surface area contributed by atoms with Gasteiger partial charge in [-0.05, 0) is 49.8 Å². The highest BCUT2D eigenvalue weighted by molar-refractivity contribution is 7.80. The van der Waals surface area contributed by atoms with Crippen molar-refractivity contribution >= 4 is 34.9 Å². The number of guanidine groups is 1. The summed E-state index contributed by atoms with van der Waals surface area (Å²) in [4.78, 5) is 18.4. The zero-order valence-corrected chi connectivity index (χ0v) is 19.8. The second-order valence-corrected chi connectivity index (χ2v) is 8.47. The Morgan fingerprint density at radius 2 is 1.48 bits per heavy atom. The molecule has 3 aromatic rings. The molecular formula is C25H29N7S. The van der Waals surface area contributed by atoms with Gasteiger partial charge in [0, 0.05) is 49.8 Å². The Hall–Kier alpha value is -3.36. The molecule has 0 spiro atoms. The highest BCUT2D eigenvalue weighted by atomic mass is 32.1. The number of rotatable bonds is 4. The van der Waals surface area contributed by atoms with Crippen LogP contribution in [0.1, 0.15) is 17.0 Å². The molecule has 170 valence electrons. The van der Waals surface area contributed by atoms with Crippen molar-refractivity contribution in [3.63, 3.8) is 0 Å². The molecule has 1 aliphatic rings. The van der Waals surface area contributed by atoms with Crippen LogP contribution in [0.4, 0.5) is 11.6 Å². The first-order valence-corrected chi connectivity index (χ1v) is 11.5. The maximum Gasteiger partial charge on any atom is 0.229 e. The lowest BCUT2D eigenvalue weighted by Crippen LogP contribution is -2.50. The third-order valence-corrected chi connectivity index (χ3v) is 5.55. The van der Waals surface area contributed by atoms with E-state index in [1.54, 1.807) is 0 Å². The van der Waals surface area contributed by atoms with Gasteiger partial charge < -0.3 is 10.2 Å². The lowest BCUT2D eigenvalue weighted by Gasteiger charge is -2.36. The molecule has 1 fully saturated rings. The number of nitrogens with zero attached hydrogens (tertiary/aromatic N) is 5. The number of aromatic nitrogens is 2. The van der Waals surface area contributed by atoms with Crippen LogP contribution in [-0.2, 0) is 6.54 Å². The van der Waals surface area contributed by atoms with Crippen LogP contribution in [0, 0.1) is 13.8 Å². The van der Waals surface area contributed by atoms with Gasteiger partial charge in [-0.2, -0.15) is 4.99 Å². The van der Waals surface area contributed by atoms with Crippen molar-refractivity contribution in [2.45, 2.75) is 20.4 Å². The van der Waals surface area contributed by atoms with E-state index in [4.69, 9.17) is 17.2 Å². The minimum Gasteiger partial charge on any atom is -0.340 e. The molecule has 2 N–H and O–H groups in total. The molecule has 1 aromatic heterocycles. The van der Waals surface area contributed by atoms with E-state index in [1.165, 1.54) is 5.56 Å². The largest absolute Gasteiger partial charge is 0.340 e. The summed E-state index contributed by atoms with van der Waals surface area (Å²) in [5.41, 5.74) is 4.04. The van der Waals surface area contributed by atoms with Gasteiger partial charge in [-0.15, -0.1) is 0 Å². The Labute approximate surface area is 200 Å². The molecule has 4 rings (SSSR count). The van der Waals surface area contributed by atoms with Crippen molar-refractivity contribution in [3.05, 3.63) is 83.7 Å². The predicted molar refractivity (Wildman–Crippen MR) is 139 cm³/mol. The summed E-state index contributed by atoms with van der Waals surface area (Å²) in [5.74, 6) is 1.19. The van der Waals surface area contributed by atoms with Crippen LogP contribution in [0.3, 0.4) is 0 Å². The molecule has 0 aliphatic carbocycles.